The zero-order valence-electron chi connectivity index (χ0n) is 9.60. The van der Waals surface area contributed by atoms with Crippen LogP contribution in [0.4, 0.5) is 5.82 Å². The van der Waals surface area contributed by atoms with Gasteiger partial charge in [-0.1, -0.05) is 0 Å². The maximum absolute atomic E-state index is 11.7. The molecule has 0 spiro atoms. The van der Waals surface area contributed by atoms with E-state index < -0.39 is 5.97 Å². The fourth-order valence-corrected chi connectivity index (χ4v) is 1.51. The summed E-state index contributed by atoms with van der Waals surface area (Å²) in [5.74, 6) is -0.102. The van der Waals surface area contributed by atoms with Crippen LogP contribution in [0.1, 0.15) is 17.4 Å². The number of nitrogens with two attached hydrogens (primary N) is 1. The van der Waals surface area contributed by atoms with Gasteiger partial charge in [0.2, 0.25) is 0 Å². The molecular weight excluding hydrogens is 222 g/mol. The van der Waals surface area contributed by atoms with Crippen LogP contribution in [0.5, 0.6) is 0 Å². The minimum absolute atomic E-state index is 0.248. The summed E-state index contributed by atoms with van der Waals surface area (Å²) in [6.45, 7) is 2.05. The Morgan fingerprint density at radius 2 is 2.41 bits per heavy atom. The number of nitrogens with one attached hydrogen (secondary N) is 1. The van der Waals surface area contributed by atoms with Crippen LogP contribution in [0.2, 0.25) is 0 Å². The maximum atomic E-state index is 11.7. The number of anilines is 1. The van der Waals surface area contributed by atoms with Gasteiger partial charge in [0.05, 0.1) is 17.9 Å². The Bertz CT molecular complexity index is 543. The number of hydrogen-bond acceptors (Lipinski definition) is 5. The van der Waals surface area contributed by atoms with Gasteiger partial charge in [-0.2, -0.15) is 10.2 Å². The molecule has 90 valence electrons. The van der Waals surface area contributed by atoms with Crippen molar-refractivity contribution in [2.45, 2.75) is 6.92 Å². The van der Waals surface area contributed by atoms with E-state index in [-0.39, 0.29) is 5.69 Å². The molecule has 0 aliphatic rings. The van der Waals surface area contributed by atoms with Crippen molar-refractivity contribution in [3.63, 3.8) is 0 Å². The Hall–Kier alpha value is -2.31. The molecule has 0 aromatic carbocycles. The van der Waals surface area contributed by atoms with Crippen molar-refractivity contribution in [3.05, 3.63) is 18.0 Å². The van der Waals surface area contributed by atoms with E-state index in [2.05, 4.69) is 15.3 Å². The molecule has 0 fully saturated rings. The predicted molar refractivity (Wildman–Crippen MR) is 61.2 cm³/mol. The number of aromatic nitrogens is 4. The minimum atomic E-state index is -0.462. The molecule has 0 aliphatic heterocycles. The first-order chi connectivity index (χ1) is 8.11. The van der Waals surface area contributed by atoms with Crippen molar-refractivity contribution in [2.24, 2.45) is 7.05 Å². The summed E-state index contributed by atoms with van der Waals surface area (Å²) >= 11 is 0. The summed E-state index contributed by atoms with van der Waals surface area (Å²) in [5.41, 5.74) is 7.03. The third kappa shape index (κ3) is 2.12. The summed E-state index contributed by atoms with van der Waals surface area (Å²) in [6.07, 6.45) is 1.71. The molecule has 0 saturated carbocycles. The average molecular weight is 235 g/mol. The molecule has 3 N–H and O–H groups in total. The van der Waals surface area contributed by atoms with E-state index in [0.29, 0.717) is 23.7 Å². The van der Waals surface area contributed by atoms with E-state index in [1.54, 1.807) is 30.9 Å². The van der Waals surface area contributed by atoms with Crippen LogP contribution in [0.25, 0.3) is 11.3 Å². The Morgan fingerprint density at radius 3 is 3.00 bits per heavy atom. The highest BCUT2D eigenvalue weighted by Gasteiger charge is 2.19. The lowest BCUT2D eigenvalue weighted by molar-refractivity contribution is 0.0519. The van der Waals surface area contributed by atoms with E-state index in [4.69, 9.17) is 10.5 Å². The summed E-state index contributed by atoms with van der Waals surface area (Å²) in [5, 5.41) is 10.6. The fourth-order valence-electron chi connectivity index (χ4n) is 1.51. The van der Waals surface area contributed by atoms with Gasteiger partial charge in [0.15, 0.2) is 5.69 Å². The zero-order valence-corrected chi connectivity index (χ0v) is 9.60. The van der Waals surface area contributed by atoms with Gasteiger partial charge in [-0.25, -0.2) is 4.79 Å². The molecule has 0 aliphatic carbocycles. The quantitative estimate of drug-likeness (QED) is 0.758. The predicted octanol–water partition coefficient (Wildman–Crippen LogP) is 0.569. The van der Waals surface area contributed by atoms with Crippen molar-refractivity contribution in [1.82, 2.24) is 20.0 Å². The standard InChI is InChI=1S/C10H13N5O2/c1-3-17-10(16)9-6(5-15(2)14-9)7-4-8(11)13-12-7/h4-5H,3H2,1-2H3,(H3,11,12,13). The number of nitrogen functional groups attached to an aromatic ring is 1. The third-order valence-corrected chi connectivity index (χ3v) is 2.19. The average Bonchev–Trinajstić information content (AvgIpc) is 2.84. The highest BCUT2D eigenvalue weighted by Crippen LogP contribution is 2.22. The van der Waals surface area contributed by atoms with Gasteiger partial charge in [-0.3, -0.25) is 9.78 Å². The fraction of sp³-hybridized carbons (Fsp3) is 0.300. The minimum Gasteiger partial charge on any atom is -0.461 e. The summed E-state index contributed by atoms with van der Waals surface area (Å²) in [7, 11) is 1.73. The van der Waals surface area contributed by atoms with E-state index in [1.165, 1.54) is 0 Å². The van der Waals surface area contributed by atoms with E-state index in [9.17, 15) is 4.79 Å². The number of nitrogens with zero attached hydrogens (tertiary/aromatic N) is 3. The van der Waals surface area contributed by atoms with Crippen molar-refractivity contribution in [2.75, 3.05) is 12.3 Å². The molecule has 0 unspecified atom stereocenters. The second kappa shape index (κ2) is 4.28. The third-order valence-electron chi connectivity index (χ3n) is 2.19. The second-order valence-corrected chi connectivity index (χ2v) is 3.49. The topological polar surface area (TPSA) is 98.8 Å². The Balaban J connectivity index is 2.43. The molecule has 0 bridgehead atoms. The lowest BCUT2D eigenvalue weighted by Crippen LogP contribution is -2.07. The van der Waals surface area contributed by atoms with Crippen molar-refractivity contribution in [1.29, 1.82) is 0 Å². The molecule has 2 heterocycles. The molecule has 0 radical (unpaired) electrons. The Kier molecular flexibility index (Phi) is 2.82. The monoisotopic (exact) mass is 235 g/mol. The van der Waals surface area contributed by atoms with E-state index in [0.717, 1.165) is 0 Å². The number of aryl methyl sites for hydroxylation is 1. The number of rotatable bonds is 3. The summed E-state index contributed by atoms with van der Waals surface area (Å²) in [4.78, 5) is 11.7. The molecule has 7 heteroatoms. The highest BCUT2D eigenvalue weighted by molar-refractivity contribution is 5.94. The molecule has 17 heavy (non-hydrogen) atoms. The van der Waals surface area contributed by atoms with Gasteiger partial charge >= 0.3 is 5.97 Å². The highest BCUT2D eigenvalue weighted by atomic mass is 16.5. The van der Waals surface area contributed by atoms with Gasteiger partial charge in [-0.05, 0) is 6.92 Å². The molecule has 2 rings (SSSR count). The van der Waals surface area contributed by atoms with E-state index >= 15 is 0 Å². The molecule has 2 aromatic heterocycles. The molecule has 7 nitrogen and oxygen atoms in total. The van der Waals surface area contributed by atoms with Crippen LogP contribution >= 0.6 is 0 Å². The largest absolute Gasteiger partial charge is 0.461 e. The second-order valence-electron chi connectivity index (χ2n) is 3.49. The number of carbonyl (C=O) groups excluding carboxylic acids is 1. The van der Waals surface area contributed by atoms with Gasteiger partial charge in [0, 0.05) is 19.3 Å². The normalized spacial score (nSPS) is 10.5. The number of carbonyl (C=O) groups is 1. The lowest BCUT2D eigenvalue weighted by atomic mass is 10.2. The van der Waals surface area contributed by atoms with Crippen LogP contribution in [0, 0.1) is 0 Å². The van der Waals surface area contributed by atoms with Gasteiger partial charge < -0.3 is 10.5 Å². The number of esters is 1. The van der Waals surface area contributed by atoms with Crippen LogP contribution in [0.15, 0.2) is 12.3 Å². The lowest BCUT2D eigenvalue weighted by Gasteiger charge is -1.99. The molecule has 0 amide bonds. The van der Waals surface area contributed by atoms with Gasteiger partial charge in [0.25, 0.3) is 0 Å². The van der Waals surface area contributed by atoms with Crippen LogP contribution in [-0.2, 0) is 11.8 Å². The first-order valence-electron chi connectivity index (χ1n) is 5.13. The number of ether oxygens (including phenoxy) is 1. The maximum Gasteiger partial charge on any atom is 0.359 e. The van der Waals surface area contributed by atoms with Gasteiger partial charge in [0.1, 0.15) is 5.82 Å². The number of aromatic amines is 1. The summed E-state index contributed by atoms with van der Waals surface area (Å²) < 4.78 is 6.47. The van der Waals surface area contributed by atoms with Crippen molar-refractivity contribution in [3.8, 4) is 11.3 Å². The SMILES string of the molecule is CCOC(=O)c1nn(C)cc1-c1cc(N)n[nH]1. The van der Waals surface area contributed by atoms with Crippen LogP contribution in [-0.4, -0.2) is 32.6 Å². The zero-order chi connectivity index (χ0) is 12.4. The van der Waals surface area contributed by atoms with Crippen LogP contribution < -0.4 is 5.73 Å². The van der Waals surface area contributed by atoms with Crippen molar-refractivity contribution >= 4 is 11.8 Å². The number of H-pyrrole nitrogens is 1. The van der Waals surface area contributed by atoms with Gasteiger partial charge in [-0.15, -0.1) is 0 Å². The Morgan fingerprint density at radius 1 is 1.65 bits per heavy atom. The van der Waals surface area contributed by atoms with E-state index in [1.807, 2.05) is 0 Å². The molecular formula is C10H13N5O2. The molecule has 2 aromatic rings. The first kappa shape index (κ1) is 11.2. The van der Waals surface area contributed by atoms with Crippen LogP contribution in [0.3, 0.4) is 0 Å². The summed E-state index contributed by atoms with van der Waals surface area (Å²) in [6, 6.07) is 1.64. The first-order valence-corrected chi connectivity index (χ1v) is 5.13. The molecule has 0 atom stereocenters. The number of hydrogen-bond donors (Lipinski definition) is 2. The van der Waals surface area contributed by atoms with Crippen molar-refractivity contribution < 1.29 is 9.53 Å². The smallest absolute Gasteiger partial charge is 0.359 e. The Labute approximate surface area is 97.6 Å². The molecule has 0 saturated heterocycles.